The van der Waals surface area contributed by atoms with Gasteiger partial charge in [-0.05, 0) is 27.2 Å². The fourth-order valence-corrected chi connectivity index (χ4v) is 2.71. The van der Waals surface area contributed by atoms with Gasteiger partial charge in [0.1, 0.15) is 5.54 Å². The first-order valence-electron chi connectivity index (χ1n) is 8.02. The number of likely N-dealkylation sites (N-methyl/N-ethyl adjacent to an activating group) is 2. The molecule has 134 valence electrons. The van der Waals surface area contributed by atoms with Crippen molar-refractivity contribution >= 4 is 18.2 Å². The second-order valence-corrected chi connectivity index (χ2v) is 7.39. The minimum Gasteiger partial charge on any atom is -0.347 e. The van der Waals surface area contributed by atoms with Crippen molar-refractivity contribution in [3.05, 3.63) is 0 Å². The van der Waals surface area contributed by atoms with Crippen molar-refractivity contribution in [2.75, 3.05) is 28.2 Å². The smallest absolute Gasteiger partial charge is 0.247 e. The van der Waals surface area contributed by atoms with Crippen molar-refractivity contribution in [1.82, 2.24) is 14.7 Å². The molecule has 0 aromatic carbocycles. The van der Waals surface area contributed by atoms with Gasteiger partial charge in [-0.1, -0.05) is 13.8 Å². The van der Waals surface area contributed by atoms with E-state index in [1.54, 1.807) is 40.0 Å². The number of carbonyl (C=O) groups excluding carboxylic acids is 3. The highest BCUT2D eigenvalue weighted by atomic mass is 16.2. The first-order valence-corrected chi connectivity index (χ1v) is 8.02. The minimum absolute atomic E-state index is 0.0471. The van der Waals surface area contributed by atoms with Crippen molar-refractivity contribution < 1.29 is 14.4 Å². The summed E-state index contributed by atoms with van der Waals surface area (Å²) in [6.07, 6.45) is 1.78. The Balaban J connectivity index is 5.60. The Morgan fingerprint density at radius 1 is 1.09 bits per heavy atom. The van der Waals surface area contributed by atoms with Gasteiger partial charge in [0.05, 0.1) is 0 Å². The molecule has 0 N–H and O–H groups in total. The molecule has 0 fully saturated rings. The van der Waals surface area contributed by atoms with Gasteiger partial charge >= 0.3 is 0 Å². The summed E-state index contributed by atoms with van der Waals surface area (Å²) in [5, 5.41) is 0. The van der Waals surface area contributed by atoms with Crippen molar-refractivity contribution in [3.8, 4) is 0 Å². The Morgan fingerprint density at radius 3 is 1.91 bits per heavy atom. The predicted molar refractivity (Wildman–Crippen MR) is 91.8 cm³/mol. The molecular formula is C17H33N3O3. The van der Waals surface area contributed by atoms with Crippen molar-refractivity contribution in [3.63, 3.8) is 0 Å². The average Bonchev–Trinajstić information content (AvgIpc) is 2.49. The number of nitrogens with zero attached hydrogens (tertiary/aromatic N) is 3. The molecule has 0 heterocycles. The van der Waals surface area contributed by atoms with Crippen molar-refractivity contribution in [2.45, 2.75) is 58.5 Å². The normalized spacial score (nSPS) is 15.3. The van der Waals surface area contributed by atoms with Gasteiger partial charge in [-0.15, -0.1) is 0 Å². The summed E-state index contributed by atoms with van der Waals surface area (Å²) in [7, 11) is 6.69. The van der Waals surface area contributed by atoms with E-state index >= 15 is 0 Å². The lowest BCUT2D eigenvalue weighted by Gasteiger charge is -2.46. The van der Waals surface area contributed by atoms with Gasteiger partial charge in [-0.2, -0.15) is 0 Å². The zero-order chi connectivity index (χ0) is 18.6. The third-order valence-corrected chi connectivity index (χ3v) is 4.85. The Hall–Kier alpha value is -1.59. The molecule has 0 spiro atoms. The van der Waals surface area contributed by atoms with Crippen LogP contribution in [0.25, 0.3) is 0 Å². The van der Waals surface area contributed by atoms with E-state index in [4.69, 9.17) is 0 Å². The maximum atomic E-state index is 12.6. The first-order chi connectivity index (χ1) is 10.3. The highest BCUT2D eigenvalue weighted by Gasteiger charge is 2.45. The largest absolute Gasteiger partial charge is 0.347 e. The van der Waals surface area contributed by atoms with Crippen LogP contribution in [0.4, 0.5) is 0 Å². The monoisotopic (exact) mass is 327 g/mol. The van der Waals surface area contributed by atoms with Crippen LogP contribution < -0.4 is 0 Å². The molecule has 6 nitrogen and oxygen atoms in total. The Morgan fingerprint density at radius 2 is 1.57 bits per heavy atom. The van der Waals surface area contributed by atoms with Gasteiger partial charge in [-0.25, -0.2) is 0 Å². The number of amides is 3. The molecule has 0 aromatic heterocycles. The summed E-state index contributed by atoms with van der Waals surface area (Å²) in [6, 6.07) is 0. The molecule has 0 saturated carbocycles. The Kier molecular flexibility index (Phi) is 7.26. The second kappa shape index (κ2) is 7.79. The Labute approximate surface area is 140 Å². The lowest BCUT2D eigenvalue weighted by atomic mass is 9.82. The van der Waals surface area contributed by atoms with Crippen LogP contribution in [0.1, 0.15) is 47.5 Å². The van der Waals surface area contributed by atoms with E-state index < -0.39 is 11.1 Å². The average molecular weight is 327 g/mol. The molecule has 2 unspecified atom stereocenters. The summed E-state index contributed by atoms with van der Waals surface area (Å²) in [4.78, 5) is 41.0. The predicted octanol–water partition coefficient (Wildman–Crippen LogP) is 1.59. The van der Waals surface area contributed by atoms with Crippen LogP contribution >= 0.6 is 0 Å². The molecule has 0 saturated heterocycles. The molecule has 0 radical (unpaired) electrons. The van der Waals surface area contributed by atoms with Crippen LogP contribution in [-0.2, 0) is 14.4 Å². The lowest BCUT2D eigenvalue weighted by Crippen LogP contribution is -2.60. The first kappa shape index (κ1) is 21.4. The number of hydrogen-bond donors (Lipinski definition) is 0. The second-order valence-electron chi connectivity index (χ2n) is 7.39. The third-order valence-electron chi connectivity index (χ3n) is 4.85. The lowest BCUT2D eigenvalue weighted by molar-refractivity contribution is -0.150. The quantitative estimate of drug-likeness (QED) is 0.636. The van der Waals surface area contributed by atoms with Crippen LogP contribution in [0.2, 0.25) is 0 Å². The van der Waals surface area contributed by atoms with E-state index in [9.17, 15) is 14.4 Å². The minimum atomic E-state index is -1.02. The highest BCUT2D eigenvalue weighted by Crippen LogP contribution is 2.31. The number of carbonyl (C=O) groups is 3. The number of hydrogen-bond acceptors (Lipinski definition) is 3. The van der Waals surface area contributed by atoms with Crippen LogP contribution in [0.15, 0.2) is 0 Å². The fourth-order valence-electron chi connectivity index (χ4n) is 2.71. The molecule has 6 heteroatoms. The van der Waals surface area contributed by atoms with Gasteiger partial charge in [0.2, 0.25) is 18.2 Å². The van der Waals surface area contributed by atoms with Crippen LogP contribution in [-0.4, -0.2) is 72.2 Å². The van der Waals surface area contributed by atoms with E-state index in [-0.39, 0.29) is 17.7 Å². The highest BCUT2D eigenvalue weighted by molar-refractivity contribution is 5.87. The van der Waals surface area contributed by atoms with E-state index in [1.165, 1.54) is 9.80 Å². The maximum Gasteiger partial charge on any atom is 0.247 e. The zero-order valence-corrected chi connectivity index (χ0v) is 16.1. The SMILES string of the molecule is CCC(C)C(=O)N(C)C(C)(C)CC(C)(C(=O)N(C)C)N(C)C=O. The summed E-state index contributed by atoms with van der Waals surface area (Å²) in [6.45, 7) is 9.47. The van der Waals surface area contributed by atoms with Gasteiger partial charge in [-0.3, -0.25) is 14.4 Å². The molecule has 23 heavy (non-hydrogen) atoms. The molecule has 0 aromatic rings. The fraction of sp³-hybridized carbons (Fsp3) is 0.824. The topological polar surface area (TPSA) is 60.9 Å². The van der Waals surface area contributed by atoms with E-state index in [2.05, 4.69) is 0 Å². The van der Waals surface area contributed by atoms with Crippen LogP contribution in [0, 0.1) is 5.92 Å². The van der Waals surface area contributed by atoms with Crippen LogP contribution in [0.5, 0.6) is 0 Å². The van der Waals surface area contributed by atoms with E-state index in [0.717, 1.165) is 6.42 Å². The molecule has 0 rings (SSSR count). The van der Waals surface area contributed by atoms with Crippen molar-refractivity contribution in [1.29, 1.82) is 0 Å². The van der Waals surface area contributed by atoms with Gasteiger partial charge < -0.3 is 14.7 Å². The van der Waals surface area contributed by atoms with E-state index in [0.29, 0.717) is 12.8 Å². The molecular weight excluding hydrogens is 294 g/mol. The van der Waals surface area contributed by atoms with Crippen LogP contribution in [0.3, 0.4) is 0 Å². The van der Waals surface area contributed by atoms with Gasteiger partial charge in [0.15, 0.2) is 0 Å². The number of rotatable bonds is 8. The Bertz CT molecular complexity index is 448. The van der Waals surface area contributed by atoms with Gasteiger partial charge in [0.25, 0.3) is 0 Å². The molecule has 0 aliphatic heterocycles. The molecule has 0 aliphatic rings. The maximum absolute atomic E-state index is 12.6. The standard InChI is InChI=1S/C17H33N3O3/c1-10-13(2)14(22)20(9)16(3,4)11-17(5,19(8)12-21)15(23)18(6)7/h12-13H,10-11H2,1-9H3. The third kappa shape index (κ3) is 4.69. The molecule has 0 aliphatic carbocycles. The molecule has 3 amide bonds. The summed E-state index contributed by atoms with van der Waals surface area (Å²) in [5.41, 5.74) is -1.59. The van der Waals surface area contributed by atoms with Gasteiger partial charge in [0, 0.05) is 46.1 Å². The summed E-state index contributed by atoms with van der Waals surface area (Å²) < 4.78 is 0. The van der Waals surface area contributed by atoms with E-state index in [1.807, 2.05) is 27.7 Å². The summed E-state index contributed by atoms with van der Waals surface area (Å²) >= 11 is 0. The molecule has 2 atom stereocenters. The zero-order valence-electron chi connectivity index (χ0n) is 16.1. The van der Waals surface area contributed by atoms with Crippen molar-refractivity contribution in [2.24, 2.45) is 5.92 Å². The summed E-state index contributed by atoms with van der Waals surface area (Å²) in [5.74, 6) is -0.186. The molecule has 0 bridgehead atoms.